The Morgan fingerprint density at radius 1 is 1.08 bits per heavy atom. The number of rotatable bonds is 2. The molecule has 4 rings (SSSR count). The summed E-state index contributed by atoms with van der Waals surface area (Å²) in [4.78, 5) is 34.6. The van der Waals surface area contributed by atoms with Gasteiger partial charge in [0.05, 0.1) is 6.20 Å². The summed E-state index contributed by atoms with van der Waals surface area (Å²) in [5.41, 5.74) is 2.94. The van der Waals surface area contributed by atoms with Gasteiger partial charge in [0.25, 0.3) is 11.5 Å². The maximum absolute atomic E-state index is 12.6. The summed E-state index contributed by atoms with van der Waals surface area (Å²) < 4.78 is 0. The lowest BCUT2D eigenvalue weighted by Crippen LogP contribution is -2.40. The van der Waals surface area contributed by atoms with Gasteiger partial charge in [-0.3, -0.25) is 14.5 Å². The van der Waals surface area contributed by atoms with Crippen molar-refractivity contribution in [3.05, 3.63) is 63.8 Å². The molecule has 1 aromatic heterocycles. The molecule has 2 aromatic rings. The van der Waals surface area contributed by atoms with Crippen molar-refractivity contribution < 1.29 is 4.79 Å². The summed E-state index contributed by atoms with van der Waals surface area (Å²) in [5, 5.41) is 0. The summed E-state index contributed by atoms with van der Waals surface area (Å²) in [7, 11) is 0. The minimum atomic E-state index is -0.292. The van der Waals surface area contributed by atoms with Gasteiger partial charge < -0.3 is 9.88 Å². The highest BCUT2D eigenvalue weighted by molar-refractivity contribution is 5.91. The molecule has 1 aliphatic carbocycles. The number of aromatic amines is 1. The standard InChI is InChI=1S/C19H22N4O2/c24-18-13-20-17(12-21-18)19(25)23-7-3-6-22(8-9-23)16-10-14-4-1-2-5-15(14)11-16/h1-2,4-5,12-13,16H,3,6-11H2,(H,21,24). The SMILES string of the molecule is O=C(c1c[nH]c(=O)cn1)N1CCCN(C2Cc3ccccc3C2)CC1. The van der Waals surface area contributed by atoms with Crippen LogP contribution in [0, 0.1) is 0 Å². The van der Waals surface area contributed by atoms with Crippen molar-refractivity contribution in [2.24, 2.45) is 0 Å². The number of nitrogens with one attached hydrogen (secondary N) is 1. The van der Waals surface area contributed by atoms with Crippen molar-refractivity contribution >= 4 is 5.91 Å². The van der Waals surface area contributed by atoms with E-state index < -0.39 is 0 Å². The molecular weight excluding hydrogens is 316 g/mol. The number of carbonyl (C=O) groups is 1. The van der Waals surface area contributed by atoms with Gasteiger partial charge in [-0.1, -0.05) is 24.3 Å². The first-order valence-electron chi connectivity index (χ1n) is 8.85. The molecule has 1 saturated heterocycles. The largest absolute Gasteiger partial charge is 0.336 e. The number of benzene rings is 1. The molecule has 0 bridgehead atoms. The average Bonchev–Trinajstić information content (AvgIpc) is 2.91. The van der Waals surface area contributed by atoms with Crippen molar-refractivity contribution in [2.45, 2.75) is 25.3 Å². The molecule has 1 fully saturated rings. The molecule has 1 amide bonds. The Morgan fingerprint density at radius 3 is 2.52 bits per heavy atom. The maximum atomic E-state index is 12.6. The summed E-state index contributed by atoms with van der Waals surface area (Å²) in [6.45, 7) is 3.33. The number of hydrogen-bond donors (Lipinski definition) is 1. The lowest BCUT2D eigenvalue weighted by molar-refractivity contribution is 0.0752. The van der Waals surface area contributed by atoms with Gasteiger partial charge in [-0.15, -0.1) is 0 Å². The maximum Gasteiger partial charge on any atom is 0.274 e. The van der Waals surface area contributed by atoms with Gasteiger partial charge in [0.2, 0.25) is 0 Å². The van der Waals surface area contributed by atoms with Crippen LogP contribution in [-0.4, -0.2) is 57.9 Å². The minimum absolute atomic E-state index is 0.104. The minimum Gasteiger partial charge on any atom is -0.336 e. The van der Waals surface area contributed by atoms with Crippen LogP contribution >= 0.6 is 0 Å². The summed E-state index contributed by atoms with van der Waals surface area (Å²) in [6, 6.07) is 9.22. The molecule has 25 heavy (non-hydrogen) atoms. The first-order valence-corrected chi connectivity index (χ1v) is 8.85. The number of nitrogens with zero attached hydrogens (tertiary/aromatic N) is 3. The Kier molecular flexibility index (Phi) is 4.36. The highest BCUT2D eigenvalue weighted by atomic mass is 16.2. The van der Waals surface area contributed by atoms with Crippen LogP contribution in [0.25, 0.3) is 0 Å². The van der Waals surface area contributed by atoms with Crippen LogP contribution in [0.2, 0.25) is 0 Å². The van der Waals surface area contributed by atoms with Crippen LogP contribution in [0.5, 0.6) is 0 Å². The topological polar surface area (TPSA) is 69.3 Å². The summed E-state index contributed by atoms with van der Waals surface area (Å²) >= 11 is 0. The second-order valence-electron chi connectivity index (χ2n) is 6.81. The van der Waals surface area contributed by atoms with Crippen molar-refractivity contribution in [1.82, 2.24) is 19.8 Å². The van der Waals surface area contributed by atoms with E-state index in [0.717, 1.165) is 45.1 Å². The van der Waals surface area contributed by atoms with Gasteiger partial charge in [-0.25, -0.2) is 4.98 Å². The van der Waals surface area contributed by atoms with E-state index in [1.54, 1.807) is 0 Å². The number of carbonyl (C=O) groups excluding carboxylic acids is 1. The van der Waals surface area contributed by atoms with Gasteiger partial charge in [-0.2, -0.15) is 0 Å². The first kappa shape index (κ1) is 16.0. The number of amides is 1. The Labute approximate surface area is 146 Å². The van der Waals surface area contributed by atoms with Gasteiger partial charge >= 0.3 is 0 Å². The molecule has 0 unspecified atom stereocenters. The van der Waals surface area contributed by atoms with Crippen molar-refractivity contribution in [1.29, 1.82) is 0 Å². The molecule has 6 heteroatoms. The Morgan fingerprint density at radius 2 is 1.84 bits per heavy atom. The molecule has 1 N–H and O–H groups in total. The fourth-order valence-corrected chi connectivity index (χ4v) is 3.92. The molecule has 1 aliphatic heterocycles. The third-order valence-corrected chi connectivity index (χ3v) is 5.25. The number of fused-ring (bicyclic) bond motifs is 1. The molecule has 0 radical (unpaired) electrons. The molecule has 6 nitrogen and oxygen atoms in total. The van der Waals surface area contributed by atoms with Gasteiger partial charge in [-0.05, 0) is 30.4 Å². The number of H-pyrrole nitrogens is 1. The number of aromatic nitrogens is 2. The van der Waals surface area contributed by atoms with E-state index in [-0.39, 0.29) is 11.5 Å². The molecule has 2 aliphatic rings. The molecule has 1 aromatic carbocycles. The molecular formula is C19H22N4O2. The van der Waals surface area contributed by atoms with Crippen LogP contribution in [-0.2, 0) is 12.8 Å². The van der Waals surface area contributed by atoms with Crippen LogP contribution in [0.15, 0.2) is 41.5 Å². The summed E-state index contributed by atoms with van der Waals surface area (Å²) in [5.74, 6) is -0.104. The fourth-order valence-electron chi connectivity index (χ4n) is 3.92. The van der Waals surface area contributed by atoms with E-state index in [1.807, 2.05) is 4.90 Å². The average molecular weight is 338 g/mol. The van der Waals surface area contributed by atoms with Crippen LogP contribution in [0.4, 0.5) is 0 Å². The van der Waals surface area contributed by atoms with Crippen LogP contribution < -0.4 is 5.56 Å². The van der Waals surface area contributed by atoms with E-state index in [9.17, 15) is 9.59 Å². The van der Waals surface area contributed by atoms with Gasteiger partial charge in [0.1, 0.15) is 5.69 Å². The normalized spacial score (nSPS) is 18.8. The molecule has 0 saturated carbocycles. The van der Waals surface area contributed by atoms with E-state index in [0.29, 0.717) is 18.3 Å². The van der Waals surface area contributed by atoms with Gasteiger partial charge in [0.15, 0.2) is 0 Å². The van der Waals surface area contributed by atoms with Crippen LogP contribution in [0.3, 0.4) is 0 Å². The smallest absolute Gasteiger partial charge is 0.274 e. The zero-order chi connectivity index (χ0) is 17.2. The predicted molar refractivity (Wildman–Crippen MR) is 94.6 cm³/mol. The Balaban J connectivity index is 1.40. The fraction of sp³-hybridized carbons (Fsp3) is 0.421. The highest BCUT2D eigenvalue weighted by Crippen LogP contribution is 2.26. The first-order chi connectivity index (χ1) is 12.2. The predicted octanol–water partition coefficient (Wildman–Crippen LogP) is 1.09. The molecule has 0 atom stereocenters. The lowest BCUT2D eigenvalue weighted by atomic mass is 10.1. The van der Waals surface area contributed by atoms with E-state index in [1.165, 1.54) is 17.3 Å². The van der Waals surface area contributed by atoms with Crippen molar-refractivity contribution in [2.75, 3.05) is 26.2 Å². The van der Waals surface area contributed by atoms with E-state index in [2.05, 4.69) is 39.1 Å². The third kappa shape index (κ3) is 3.35. The zero-order valence-corrected chi connectivity index (χ0v) is 14.1. The Bertz CT molecular complexity index is 787. The Hall–Kier alpha value is -2.47. The van der Waals surface area contributed by atoms with Crippen molar-refractivity contribution in [3.63, 3.8) is 0 Å². The van der Waals surface area contributed by atoms with Crippen LogP contribution in [0.1, 0.15) is 28.0 Å². The second kappa shape index (κ2) is 6.80. The lowest BCUT2D eigenvalue weighted by Gasteiger charge is -2.27. The zero-order valence-electron chi connectivity index (χ0n) is 14.1. The van der Waals surface area contributed by atoms with Crippen molar-refractivity contribution in [3.8, 4) is 0 Å². The monoisotopic (exact) mass is 338 g/mol. The quantitative estimate of drug-likeness (QED) is 0.890. The highest BCUT2D eigenvalue weighted by Gasteiger charge is 2.29. The van der Waals surface area contributed by atoms with E-state index in [4.69, 9.17) is 0 Å². The van der Waals surface area contributed by atoms with Gasteiger partial charge in [0, 0.05) is 38.4 Å². The molecule has 0 spiro atoms. The number of hydrogen-bond acceptors (Lipinski definition) is 4. The second-order valence-corrected chi connectivity index (χ2v) is 6.81. The molecule has 130 valence electrons. The molecule has 2 heterocycles. The third-order valence-electron chi connectivity index (χ3n) is 5.25. The summed E-state index contributed by atoms with van der Waals surface area (Å²) in [6.07, 6.45) is 5.73. The van der Waals surface area contributed by atoms with E-state index >= 15 is 0 Å².